The molecule has 7 nitrogen and oxygen atoms in total. The molecule has 2 aromatic carbocycles. The van der Waals surface area contributed by atoms with Crippen LogP contribution in [0.15, 0.2) is 41.0 Å². The summed E-state index contributed by atoms with van der Waals surface area (Å²) in [6, 6.07) is 9.76. The fourth-order valence-electron chi connectivity index (χ4n) is 3.96. The van der Waals surface area contributed by atoms with Crippen LogP contribution in [-0.2, 0) is 25.5 Å². The lowest BCUT2D eigenvalue weighted by atomic mass is 9.95. The number of carbonyl (C=O) groups is 3. The van der Waals surface area contributed by atoms with E-state index in [1.165, 1.54) is 17.5 Å². The van der Waals surface area contributed by atoms with Crippen molar-refractivity contribution in [3.8, 4) is 0 Å². The van der Waals surface area contributed by atoms with Crippen LogP contribution in [-0.4, -0.2) is 42.9 Å². The monoisotopic (exact) mass is 464 g/mol. The summed E-state index contributed by atoms with van der Waals surface area (Å²) in [6.45, 7) is 9.51. The van der Waals surface area contributed by atoms with Crippen molar-refractivity contribution in [1.29, 1.82) is 0 Å². The molecule has 0 aliphatic rings. The number of likely N-dealkylation sites (N-methyl/N-ethyl adjacent to an activating group) is 1. The topological polar surface area (TPSA) is 88.8 Å². The van der Waals surface area contributed by atoms with E-state index < -0.39 is 18.5 Å². The molecule has 0 fully saturated rings. The van der Waals surface area contributed by atoms with Gasteiger partial charge in [0.15, 0.2) is 6.61 Å². The van der Waals surface area contributed by atoms with E-state index in [-0.39, 0.29) is 18.9 Å². The highest BCUT2D eigenvalue weighted by atomic mass is 16.5. The van der Waals surface area contributed by atoms with Crippen molar-refractivity contribution >= 4 is 34.4 Å². The SMILES string of the molecule is Cc1cc2occ(CC(=O)OCC(=O)N(C)CC(=O)Nc3c(C)cccc3C)c2cc1C(C)C. The summed E-state index contributed by atoms with van der Waals surface area (Å²) in [4.78, 5) is 38.4. The summed E-state index contributed by atoms with van der Waals surface area (Å²) in [6.07, 6.45) is 1.55. The van der Waals surface area contributed by atoms with Crippen molar-refractivity contribution in [1.82, 2.24) is 4.90 Å². The first-order valence-corrected chi connectivity index (χ1v) is 11.3. The molecule has 180 valence electrons. The maximum atomic E-state index is 12.4. The zero-order valence-corrected chi connectivity index (χ0v) is 20.7. The van der Waals surface area contributed by atoms with Gasteiger partial charge in [-0.25, -0.2) is 0 Å². The lowest BCUT2D eigenvalue weighted by Gasteiger charge is -2.18. The molecule has 0 spiro atoms. The Bertz CT molecular complexity index is 1200. The number of aryl methyl sites for hydroxylation is 3. The maximum Gasteiger partial charge on any atom is 0.310 e. The van der Waals surface area contributed by atoms with Crippen molar-refractivity contribution in [3.05, 3.63) is 64.4 Å². The van der Waals surface area contributed by atoms with Gasteiger partial charge in [-0.3, -0.25) is 14.4 Å². The van der Waals surface area contributed by atoms with Gasteiger partial charge < -0.3 is 19.4 Å². The number of nitrogens with zero attached hydrogens (tertiary/aromatic N) is 1. The van der Waals surface area contributed by atoms with E-state index in [9.17, 15) is 14.4 Å². The predicted molar refractivity (Wildman–Crippen MR) is 132 cm³/mol. The van der Waals surface area contributed by atoms with Gasteiger partial charge in [0, 0.05) is 23.7 Å². The van der Waals surface area contributed by atoms with Crippen LogP contribution in [0.1, 0.15) is 47.6 Å². The van der Waals surface area contributed by atoms with E-state index in [1.807, 2.05) is 45.0 Å². The fourth-order valence-corrected chi connectivity index (χ4v) is 3.96. The molecule has 0 aliphatic carbocycles. The quantitative estimate of drug-likeness (QED) is 0.490. The number of furan rings is 1. The highest BCUT2D eigenvalue weighted by Crippen LogP contribution is 2.29. The van der Waals surface area contributed by atoms with Gasteiger partial charge in [0.1, 0.15) is 5.58 Å². The van der Waals surface area contributed by atoms with Gasteiger partial charge in [0.2, 0.25) is 5.91 Å². The Labute approximate surface area is 200 Å². The standard InChI is InChI=1S/C27H32N2O5/c1-16(2)21-12-22-20(14-33-23(22)10-19(21)5)11-26(32)34-15-25(31)29(6)13-24(30)28-27-17(3)8-7-9-18(27)4/h7-10,12,14,16H,11,13,15H2,1-6H3,(H,28,30). The summed E-state index contributed by atoms with van der Waals surface area (Å²) < 4.78 is 10.8. The van der Waals surface area contributed by atoms with E-state index in [0.29, 0.717) is 5.92 Å². The number of hydrogen-bond acceptors (Lipinski definition) is 5. The third-order valence-electron chi connectivity index (χ3n) is 5.91. The van der Waals surface area contributed by atoms with Gasteiger partial charge in [-0.15, -0.1) is 0 Å². The number of carbonyl (C=O) groups excluding carboxylic acids is 3. The molecule has 0 radical (unpaired) electrons. The second-order valence-corrected chi connectivity index (χ2v) is 9.02. The van der Waals surface area contributed by atoms with Crippen LogP contribution in [0.5, 0.6) is 0 Å². The first-order valence-electron chi connectivity index (χ1n) is 11.3. The molecule has 3 rings (SSSR count). The molecule has 1 N–H and O–H groups in total. The molecule has 34 heavy (non-hydrogen) atoms. The first kappa shape index (κ1) is 25.0. The first-order chi connectivity index (χ1) is 16.1. The Morgan fingerprint density at radius 2 is 1.74 bits per heavy atom. The van der Waals surface area contributed by atoms with Crippen LogP contribution in [0.3, 0.4) is 0 Å². The number of nitrogens with one attached hydrogen (secondary N) is 1. The van der Waals surface area contributed by atoms with Crippen LogP contribution in [0.2, 0.25) is 0 Å². The smallest absolute Gasteiger partial charge is 0.310 e. The van der Waals surface area contributed by atoms with E-state index >= 15 is 0 Å². The average molecular weight is 465 g/mol. The summed E-state index contributed by atoms with van der Waals surface area (Å²) in [5.41, 5.74) is 6.40. The number of amides is 2. The lowest BCUT2D eigenvalue weighted by Crippen LogP contribution is -2.37. The van der Waals surface area contributed by atoms with E-state index in [2.05, 4.69) is 25.2 Å². The summed E-state index contributed by atoms with van der Waals surface area (Å²) in [5.74, 6) is -0.962. The maximum absolute atomic E-state index is 12.4. The lowest BCUT2D eigenvalue weighted by molar-refractivity contribution is -0.151. The number of anilines is 1. The number of esters is 1. The second kappa shape index (κ2) is 10.5. The highest BCUT2D eigenvalue weighted by molar-refractivity contribution is 5.96. The Kier molecular flexibility index (Phi) is 7.76. The van der Waals surface area contributed by atoms with Gasteiger partial charge in [-0.1, -0.05) is 32.0 Å². The van der Waals surface area contributed by atoms with Crippen LogP contribution < -0.4 is 5.32 Å². The minimum Gasteiger partial charge on any atom is -0.464 e. The zero-order valence-electron chi connectivity index (χ0n) is 20.7. The Balaban J connectivity index is 1.54. The molecule has 0 bridgehead atoms. The van der Waals surface area contributed by atoms with Gasteiger partial charge in [0.25, 0.3) is 5.91 Å². The molecule has 0 aliphatic heterocycles. The van der Waals surface area contributed by atoms with Crippen LogP contribution in [0.25, 0.3) is 11.0 Å². The molecule has 0 unspecified atom stereocenters. The third kappa shape index (κ3) is 5.84. The van der Waals surface area contributed by atoms with E-state index in [4.69, 9.17) is 9.15 Å². The molecule has 1 heterocycles. The molecular formula is C27H32N2O5. The van der Waals surface area contributed by atoms with Crippen LogP contribution >= 0.6 is 0 Å². The second-order valence-electron chi connectivity index (χ2n) is 9.02. The molecular weight excluding hydrogens is 432 g/mol. The average Bonchev–Trinajstić information content (AvgIpc) is 3.15. The van der Waals surface area contributed by atoms with Gasteiger partial charge in [-0.2, -0.15) is 0 Å². The Morgan fingerprint density at radius 1 is 1.06 bits per heavy atom. The predicted octanol–water partition coefficient (Wildman–Crippen LogP) is 4.66. The summed E-state index contributed by atoms with van der Waals surface area (Å²) in [7, 11) is 1.50. The molecule has 0 atom stereocenters. The molecule has 2 amide bonds. The van der Waals surface area contributed by atoms with Gasteiger partial charge >= 0.3 is 5.97 Å². The van der Waals surface area contributed by atoms with Crippen molar-refractivity contribution in [2.75, 3.05) is 25.5 Å². The number of ether oxygens (including phenoxy) is 1. The number of rotatable bonds is 8. The number of fused-ring (bicyclic) bond motifs is 1. The van der Waals surface area contributed by atoms with Crippen molar-refractivity contribution in [2.24, 2.45) is 0 Å². The normalized spacial score (nSPS) is 11.0. The number of hydrogen-bond donors (Lipinski definition) is 1. The number of benzene rings is 2. The van der Waals surface area contributed by atoms with Crippen molar-refractivity contribution < 1.29 is 23.5 Å². The molecule has 7 heteroatoms. The van der Waals surface area contributed by atoms with Gasteiger partial charge in [-0.05, 0) is 61.1 Å². The fraction of sp³-hybridized carbons (Fsp3) is 0.370. The minimum atomic E-state index is -0.531. The van der Waals surface area contributed by atoms with Crippen molar-refractivity contribution in [3.63, 3.8) is 0 Å². The Morgan fingerprint density at radius 3 is 2.38 bits per heavy atom. The largest absolute Gasteiger partial charge is 0.464 e. The third-order valence-corrected chi connectivity index (χ3v) is 5.91. The van der Waals surface area contributed by atoms with Gasteiger partial charge in [0.05, 0.1) is 19.2 Å². The van der Waals surface area contributed by atoms with Crippen LogP contribution in [0, 0.1) is 20.8 Å². The van der Waals surface area contributed by atoms with E-state index in [0.717, 1.165) is 38.9 Å². The molecule has 3 aromatic rings. The van der Waals surface area contributed by atoms with E-state index in [1.54, 1.807) is 6.26 Å². The number of para-hydroxylation sites is 1. The summed E-state index contributed by atoms with van der Waals surface area (Å²) >= 11 is 0. The van der Waals surface area contributed by atoms with Crippen molar-refractivity contribution in [2.45, 2.75) is 47.0 Å². The molecule has 1 aromatic heterocycles. The highest BCUT2D eigenvalue weighted by Gasteiger charge is 2.18. The Hall–Kier alpha value is -3.61. The van der Waals surface area contributed by atoms with Crippen LogP contribution in [0.4, 0.5) is 5.69 Å². The summed E-state index contributed by atoms with van der Waals surface area (Å²) in [5, 5.41) is 3.71. The zero-order chi connectivity index (χ0) is 25.0. The molecule has 0 saturated carbocycles. The minimum absolute atomic E-state index is 0.00234. The molecule has 0 saturated heterocycles.